The van der Waals surface area contributed by atoms with Crippen LogP contribution < -0.4 is 5.73 Å². The van der Waals surface area contributed by atoms with Crippen LogP contribution in [0.2, 0.25) is 0 Å². The summed E-state index contributed by atoms with van der Waals surface area (Å²) in [5, 5.41) is 0. The molecule has 1 unspecified atom stereocenters. The lowest BCUT2D eigenvalue weighted by molar-refractivity contribution is -0.137. The molecule has 0 aliphatic rings. The maximum absolute atomic E-state index is 11.8. The van der Waals surface area contributed by atoms with Crippen LogP contribution in [0, 0.1) is 5.92 Å². The van der Waals surface area contributed by atoms with E-state index in [1.54, 1.807) is 18.9 Å². The second-order valence-electron chi connectivity index (χ2n) is 3.43. The second-order valence-corrected chi connectivity index (χ2v) is 3.90. The van der Waals surface area contributed by atoms with E-state index in [9.17, 15) is 13.2 Å². The van der Waals surface area contributed by atoms with E-state index in [0.717, 1.165) is 0 Å². The SMILES string of the molecule is CC(CN(C)CCC(F)(F)F)C(N)=S. The Morgan fingerprint density at radius 1 is 1.50 bits per heavy atom. The van der Waals surface area contributed by atoms with Gasteiger partial charge in [0.05, 0.1) is 11.4 Å². The molecule has 0 bridgehead atoms. The van der Waals surface area contributed by atoms with Gasteiger partial charge in [0.2, 0.25) is 0 Å². The molecule has 0 fully saturated rings. The molecule has 0 aliphatic carbocycles. The summed E-state index contributed by atoms with van der Waals surface area (Å²) in [6.45, 7) is 2.24. The van der Waals surface area contributed by atoms with E-state index in [1.807, 2.05) is 0 Å². The topological polar surface area (TPSA) is 29.3 Å². The maximum atomic E-state index is 11.8. The quantitative estimate of drug-likeness (QED) is 0.727. The lowest BCUT2D eigenvalue weighted by atomic mass is 10.1. The Bertz CT molecular complexity index is 194. The molecule has 6 heteroatoms. The van der Waals surface area contributed by atoms with Crippen LogP contribution in [0.15, 0.2) is 0 Å². The van der Waals surface area contributed by atoms with Gasteiger partial charge in [0.25, 0.3) is 0 Å². The van der Waals surface area contributed by atoms with Gasteiger partial charge in [-0.05, 0) is 7.05 Å². The van der Waals surface area contributed by atoms with Crippen LogP contribution >= 0.6 is 12.2 Å². The number of rotatable bonds is 5. The van der Waals surface area contributed by atoms with E-state index in [2.05, 4.69) is 0 Å². The monoisotopic (exact) mass is 228 g/mol. The number of nitrogens with zero attached hydrogens (tertiary/aromatic N) is 1. The van der Waals surface area contributed by atoms with Gasteiger partial charge in [0, 0.05) is 19.0 Å². The third kappa shape index (κ3) is 7.08. The highest BCUT2D eigenvalue weighted by molar-refractivity contribution is 7.80. The smallest absolute Gasteiger partial charge is 0.390 e. The average molecular weight is 228 g/mol. The van der Waals surface area contributed by atoms with Gasteiger partial charge in [-0.1, -0.05) is 19.1 Å². The minimum absolute atomic E-state index is 0.0174. The van der Waals surface area contributed by atoms with Gasteiger partial charge in [0.15, 0.2) is 0 Å². The summed E-state index contributed by atoms with van der Waals surface area (Å²) >= 11 is 4.72. The largest absolute Gasteiger partial charge is 0.393 e. The van der Waals surface area contributed by atoms with Crippen LogP contribution in [0.1, 0.15) is 13.3 Å². The molecule has 0 saturated carbocycles. The molecule has 0 rings (SSSR count). The molecule has 0 spiro atoms. The molecule has 2 nitrogen and oxygen atoms in total. The molecule has 84 valence electrons. The van der Waals surface area contributed by atoms with Crippen molar-refractivity contribution in [1.82, 2.24) is 4.90 Å². The van der Waals surface area contributed by atoms with Gasteiger partial charge >= 0.3 is 6.18 Å². The summed E-state index contributed by atoms with van der Waals surface area (Å²) in [5.74, 6) is -0.0526. The Morgan fingerprint density at radius 2 is 2.00 bits per heavy atom. The fraction of sp³-hybridized carbons (Fsp3) is 0.875. The highest BCUT2D eigenvalue weighted by Crippen LogP contribution is 2.19. The van der Waals surface area contributed by atoms with Gasteiger partial charge in [-0.2, -0.15) is 13.2 Å². The number of hydrogen-bond donors (Lipinski definition) is 1. The molecular formula is C8H15F3N2S. The molecule has 0 aliphatic heterocycles. The van der Waals surface area contributed by atoms with E-state index in [1.165, 1.54) is 0 Å². The Kier molecular flexibility index (Phi) is 5.36. The summed E-state index contributed by atoms with van der Waals surface area (Å²) < 4.78 is 35.5. The predicted molar refractivity (Wildman–Crippen MR) is 54.1 cm³/mol. The van der Waals surface area contributed by atoms with E-state index in [0.29, 0.717) is 11.5 Å². The minimum Gasteiger partial charge on any atom is -0.393 e. The van der Waals surface area contributed by atoms with Crippen molar-refractivity contribution >= 4 is 17.2 Å². The van der Waals surface area contributed by atoms with E-state index in [4.69, 9.17) is 18.0 Å². The van der Waals surface area contributed by atoms with Crippen LogP contribution in [-0.2, 0) is 0 Å². The van der Waals surface area contributed by atoms with Crippen molar-refractivity contribution in [2.24, 2.45) is 11.7 Å². The Morgan fingerprint density at radius 3 is 2.36 bits per heavy atom. The predicted octanol–water partition coefficient (Wildman–Crippen LogP) is 1.79. The number of halogens is 3. The third-order valence-electron chi connectivity index (χ3n) is 1.85. The van der Waals surface area contributed by atoms with Crippen molar-refractivity contribution in [3.8, 4) is 0 Å². The van der Waals surface area contributed by atoms with Gasteiger partial charge in [0.1, 0.15) is 0 Å². The van der Waals surface area contributed by atoms with Gasteiger partial charge in [-0.15, -0.1) is 0 Å². The summed E-state index contributed by atoms with van der Waals surface area (Å²) in [7, 11) is 1.63. The molecule has 0 aromatic carbocycles. The minimum atomic E-state index is -4.10. The van der Waals surface area contributed by atoms with E-state index in [-0.39, 0.29) is 12.5 Å². The number of nitrogens with two attached hydrogens (primary N) is 1. The Hall–Kier alpha value is -0.360. The first-order valence-corrected chi connectivity index (χ1v) is 4.68. The number of thiocarbonyl (C=S) groups is 1. The number of alkyl halides is 3. The van der Waals surface area contributed by atoms with Gasteiger partial charge in [-0.3, -0.25) is 0 Å². The zero-order valence-electron chi connectivity index (χ0n) is 8.27. The molecule has 2 N–H and O–H groups in total. The molecule has 0 aromatic rings. The first kappa shape index (κ1) is 13.6. The standard InChI is InChI=1S/C8H15F3N2S/c1-6(7(12)14)5-13(2)4-3-8(9,10)11/h6H,3-5H2,1-2H3,(H2,12,14). The fourth-order valence-electron chi connectivity index (χ4n) is 0.966. The molecule has 14 heavy (non-hydrogen) atoms. The molecule has 0 saturated heterocycles. The zero-order valence-corrected chi connectivity index (χ0v) is 9.08. The molecule has 0 radical (unpaired) electrons. The van der Waals surface area contributed by atoms with Crippen molar-refractivity contribution < 1.29 is 13.2 Å². The number of hydrogen-bond acceptors (Lipinski definition) is 2. The highest BCUT2D eigenvalue weighted by atomic mass is 32.1. The lowest BCUT2D eigenvalue weighted by Crippen LogP contribution is -2.33. The normalized spacial score (nSPS) is 14.4. The molecule has 1 atom stereocenters. The average Bonchev–Trinajstić information content (AvgIpc) is 1.99. The second kappa shape index (κ2) is 5.50. The van der Waals surface area contributed by atoms with Crippen molar-refractivity contribution in [2.75, 3.05) is 20.1 Å². The Labute approximate surface area is 87.2 Å². The fourth-order valence-corrected chi connectivity index (χ4v) is 1.04. The first-order chi connectivity index (χ1) is 6.22. The maximum Gasteiger partial charge on any atom is 0.390 e. The van der Waals surface area contributed by atoms with E-state index >= 15 is 0 Å². The third-order valence-corrected chi connectivity index (χ3v) is 2.25. The van der Waals surface area contributed by atoms with Crippen LogP contribution in [-0.4, -0.2) is 36.2 Å². The summed E-state index contributed by atoms with van der Waals surface area (Å²) in [5.41, 5.74) is 5.35. The summed E-state index contributed by atoms with van der Waals surface area (Å²) in [6, 6.07) is 0. The van der Waals surface area contributed by atoms with Crippen LogP contribution in [0.3, 0.4) is 0 Å². The zero-order chi connectivity index (χ0) is 11.4. The van der Waals surface area contributed by atoms with Gasteiger partial charge < -0.3 is 10.6 Å². The van der Waals surface area contributed by atoms with Crippen molar-refractivity contribution in [3.05, 3.63) is 0 Å². The highest BCUT2D eigenvalue weighted by Gasteiger charge is 2.27. The molecule has 0 heterocycles. The first-order valence-electron chi connectivity index (χ1n) is 4.27. The molecular weight excluding hydrogens is 213 g/mol. The lowest BCUT2D eigenvalue weighted by Gasteiger charge is -2.21. The summed E-state index contributed by atoms with van der Waals surface area (Å²) in [4.78, 5) is 1.92. The van der Waals surface area contributed by atoms with Crippen LogP contribution in [0.5, 0.6) is 0 Å². The van der Waals surface area contributed by atoms with Gasteiger partial charge in [-0.25, -0.2) is 0 Å². The van der Waals surface area contributed by atoms with Crippen molar-refractivity contribution in [2.45, 2.75) is 19.5 Å². The van der Waals surface area contributed by atoms with Crippen molar-refractivity contribution in [3.63, 3.8) is 0 Å². The van der Waals surface area contributed by atoms with E-state index < -0.39 is 12.6 Å². The van der Waals surface area contributed by atoms with Crippen molar-refractivity contribution in [1.29, 1.82) is 0 Å². The summed E-state index contributed by atoms with van der Waals surface area (Å²) in [6.07, 6.45) is -4.89. The van der Waals surface area contributed by atoms with Crippen LogP contribution in [0.4, 0.5) is 13.2 Å². The molecule has 0 aromatic heterocycles. The van der Waals surface area contributed by atoms with Crippen LogP contribution in [0.25, 0.3) is 0 Å². The molecule has 0 amide bonds. The Balaban J connectivity index is 3.76.